The molecule has 4 amide bonds. The summed E-state index contributed by atoms with van der Waals surface area (Å²) in [7, 11) is 0. The van der Waals surface area contributed by atoms with Crippen molar-refractivity contribution in [2.45, 2.75) is 75.5 Å². The smallest absolute Gasteiger partial charge is 0.243 e. The van der Waals surface area contributed by atoms with Gasteiger partial charge < -0.3 is 49.2 Å². The van der Waals surface area contributed by atoms with Crippen molar-refractivity contribution in [2.24, 2.45) is 27.9 Å². The maximum atomic E-state index is 13.5. The number of guanidine groups is 1. The Morgan fingerprint density at radius 2 is 1.62 bits per heavy atom. The Morgan fingerprint density at radius 1 is 0.929 bits per heavy atom. The zero-order chi connectivity index (χ0) is 30.5. The SMILES string of the molecule is NCCCCC(NC(=O)C1CCCN1)C(=O)NC(CCCN=C(N)N)C(=O)NC(Cc1c[nH]c2ccccc12)C(N)=O. The molecule has 0 spiro atoms. The summed E-state index contributed by atoms with van der Waals surface area (Å²) in [6.07, 6.45) is 5.69. The number of unbranched alkanes of at least 4 members (excludes halogenated alkanes) is 1. The van der Waals surface area contributed by atoms with Gasteiger partial charge in [-0.3, -0.25) is 24.2 Å². The van der Waals surface area contributed by atoms with E-state index in [4.69, 9.17) is 22.9 Å². The monoisotopic (exact) mass is 584 g/mol. The van der Waals surface area contributed by atoms with Crippen molar-refractivity contribution in [3.63, 3.8) is 0 Å². The van der Waals surface area contributed by atoms with E-state index in [2.05, 4.69) is 31.2 Å². The van der Waals surface area contributed by atoms with E-state index >= 15 is 0 Å². The highest BCUT2D eigenvalue weighted by atomic mass is 16.2. The van der Waals surface area contributed by atoms with Gasteiger partial charge in [0.2, 0.25) is 23.6 Å². The van der Waals surface area contributed by atoms with Gasteiger partial charge in [-0.15, -0.1) is 0 Å². The Kier molecular flexibility index (Phi) is 12.6. The molecule has 0 bridgehead atoms. The van der Waals surface area contributed by atoms with Gasteiger partial charge >= 0.3 is 0 Å². The first kappa shape index (κ1) is 32.3. The van der Waals surface area contributed by atoms with Crippen LogP contribution >= 0.6 is 0 Å². The second-order valence-corrected chi connectivity index (χ2v) is 10.5. The zero-order valence-corrected chi connectivity index (χ0v) is 23.9. The first-order valence-electron chi connectivity index (χ1n) is 14.4. The number of aliphatic imine (C=N–C) groups is 1. The lowest BCUT2D eigenvalue weighted by Crippen LogP contribution is -2.57. The van der Waals surface area contributed by atoms with Crippen LogP contribution in [0, 0.1) is 0 Å². The topological polar surface area (TPSA) is 249 Å². The summed E-state index contributed by atoms with van der Waals surface area (Å²) in [5.41, 5.74) is 23.8. The van der Waals surface area contributed by atoms with Crippen molar-refractivity contribution < 1.29 is 19.2 Å². The fourth-order valence-electron chi connectivity index (χ4n) is 5.00. The number of carbonyl (C=O) groups is 4. The van der Waals surface area contributed by atoms with Gasteiger partial charge in [-0.25, -0.2) is 0 Å². The van der Waals surface area contributed by atoms with Crippen molar-refractivity contribution in [1.82, 2.24) is 26.3 Å². The van der Waals surface area contributed by atoms with Crippen molar-refractivity contribution in [3.8, 4) is 0 Å². The molecular formula is C28H44N10O4. The van der Waals surface area contributed by atoms with Gasteiger partial charge in [-0.2, -0.15) is 0 Å². The van der Waals surface area contributed by atoms with Crippen molar-refractivity contribution in [3.05, 3.63) is 36.0 Å². The van der Waals surface area contributed by atoms with Crippen LogP contribution in [0.3, 0.4) is 0 Å². The Balaban J connectivity index is 1.74. The fraction of sp³-hybridized carbons (Fsp3) is 0.536. The maximum absolute atomic E-state index is 13.5. The Morgan fingerprint density at radius 3 is 2.29 bits per heavy atom. The number of H-pyrrole nitrogens is 1. The van der Waals surface area contributed by atoms with E-state index in [1.807, 2.05) is 24.3 Å². The van der Waals surface area contributed by atoms with Crippen LogP contribution in [0.1, 0.15) is 50.5 Å². The summed E-state index contributed by atoms with van der Waals surface area (Å²) in [5.74, 6) is -2.15. The minimum Gasteiger partial charge on any atom is -0.370 e. The zero-order valence-electron chi connectivity index (χ0n) is 23.9. The molecule has 3 rings (SSSR count). The molecule has 0 aliphatic carbocycles. The highest BCUT2D eigenvalue weighted by Gasteiger charge is 2.31. The minimum absolute atomic E-state index is 0.0873. The standard InChI is InChI=1S/C28H44N10O4/c29-12-4-3-9-21(36-25(40)20-10-5-13-33-20)26(41)37-22(11-6-14-34-28(31)32)27(42)38-23(24(30)39)15-17-16-35-19-8-2-1-7-18(17)19/h1-2,7-8,16,20-23,33,35H,3-6,9-15,29H2,(H2,30,39)(H,36,40)(H,37,41)(H,38,42)(H4,31,32,34). The quantitative estimate of drug-likeness (QED) is 0.0605. The summed E-state index contributed by atoms with van der Waals surface area (Å²) >= 11 is 0. The maximum Gasteiger partial charge on any atom is 0.243 e. The number of carbonyl (C=O) groups excluding carboxylic acids is 4. The van der Waals surface area contributed by atoms with E-state index in [-0.39, 0.29) is 37.3 Å². The summed E-state index contributed by atoms with van der Waals surface area (Å²) in [6.45, 7) is 1.42. The van der Waals surface area contributed by atoms with Crippen molar-refractivity contribution >= 4 is 40.5 Å². The first-order valence-corrected chi connectivity index (χ1v) is 14.4. The van der Waals surface area contributed by atoms with Crippen LogP contribution in [0.5, 0.6) is 0 Å². The normalized spacial score (nSPS) is 16.7. The third kappa shape index (κ3) is 9.73. The van der Waals surface area contributed by atoms with E-state index < -0.39 is 35.8 Å². The number of aromatic nitrogens is 1. The van der Waals surface area contributed by atoms with E-state index in [1.54, 1.807) is 6.20 Å². The predicted molar refractivity (Wildman–Crippen MR) is 161 cm³/mol. The van der Waals surface area contributed by atoms with Crippen LogP contribution in [0.4, 0.5) is 0 Å². The molecule has 13 N–H and O–H groups in total. The number of nitrogens with zero attached hydrogens (tertiary/aromatic N) is 1. The number of hydrogen-bond donors (Lipinski definition) is 9. The second-order valence-electron chi connectivity index (χ2n) is 10.5. The molecule has 0 saturated carbocycles. The average Bonchev–Trinajstić information content (AvgIpc) is 3.64. The van der Waals surface area contributed by atoms with Crippen LogP contribution in [-0.4, -0.2) is 78.4 Å². The van der Waals surface area contributed by atoms with Gasteiger partial charge in [0.05, 0.1) is 6.04 Å². The van der Waals surface area contributed by atoms with E-state index in [9.17, 15) is 19.2 Å². The van der Waals surface area contributed by atoms with Crippen LogP contribution < -0.4 is 44.2 Å². The molecule has 4 atom stereocenters. The highest BCUT2D eigenvalue weighted by Crippen LogP contribution is 2.19. The lowest BCUT2D eigenvalue weighted by Gasteiger charge is -2.25. The molecule has 1 aliphatic rings. The number of para-hydroxylation sites is 1. The Bertz CT molecular complexity index is 1240. The minimum atomic E-state index is -1.03. The van der Waals surface area contributed by atoms with Crippen molar-refractivity contribution in [2.75, 3.05) is 19.6 Å². The molecule has 1 aliphatic heterocycles. The lowest BCUT2D eigenvalue weighted by atomic mass is 10.0. The number of fused-ring (bicyclic) bond motifs is 1. The van der Waals surface area contributed by atoms with Gasteiger partial charge in [0.1, 0.15) is 18.1 Å². The van der Waals surface area contributed by atoms with Gasteiger partial charge in [-0.05, 0) is 69.7 Å². The number of amides is 4. The molecule has 14 heteroatoms. The number of hydrogen-bond acceptors (Lipinski definition) is 7. The summed E-state index contributed by atoms with van der Waals surface area (Å²) < 4.78 is 0. The predicted octanol–water partition coefficient (Wildman–Crippen LogP) is -1.42. The molecular weight excluding hydrogens is 540 g/mol. The second kappa shape index (κ2) is 16.3. The van der Waals surface area contributed by atoms with E-state index in [1.165, 1.54) is 0 Å². The van der Waals surface area contributed by atoms with Crippen LogP contribution in [0.25, 0.3) is 10.9 Å². The van der Waals surface area contributed by atoms with E-state index in [0.717, 1.165) is 29.4 Å². The molecule has 1 aromatic carbocycles. The number of rotatable bonds is 17. The van der Waals surface area contributed by atoms with Gasteiger partial charge in [-0.1, -0.05) is 18.2 Å². The molecule has 14 nitrogen and oxygen atoms in total. The number of aromatic amines is 1. The molecule has 1 fully saturated rings. The number of primary amides is 1. The van der Waals surface area contributed by atoms with Gasteiger partial charge in [0.25, 0.3) is 0 Å². The van der Waals surface area contributed by atoms with Gasteiger partial charge in [0.15, 0.2) is 5.96 Å². The number of nitrogens with one attached hydrogen (secondary N) is 5. The summed E-state index contributed by atoms with van der Waals surface area (Å²) in [6, 6.07) is 4.30. The van der Waals surface area contributed by atoms with Crippen LogP contribution in [0.2, 0.25) is 0 Å². The lowest BCUT2D eigenvalue weighted by molar-refractivity contribution is -0.133. The molecule has 2 aromatic rings. The summed E-state index contributed by atoms with van der Waals surface area (Å²) in [4.78, 5) is 59.2. The van der Waals surface area contributed by atoms with E-state index in [0.29, 0.717) is 38.6 Å². The van der Waals surface area contributed by atoms with Crippen LogP contribution in [0.15, 0.2) is 35.5 Å². The molecule has 2 heterocycles. The van der Waals surface area contributed by atoms with Crippen LogP contribution in [-0.2, 0) is 25.6 Å². The Labute approximate surface area is 245 Å². The molecule has 0 radical (unpaired) electrons. The largest absolute Gasteiger partial charge is 0.370 e. The Hall–Kier alpha value is -4.17. The average molecular weight is 585 g/mol. The number of nitrogens with two attached hydrogens (primary N) is 4. The first-order chi connectivity index (χ1) is 20.2. The molecule has 1 saturated heterocycles. The molecule has 42 heavy (non-hydrogen) atoms. The van der Waals surface area contributed by atoms with Crippen molar-refractivity contribution in [1.29, 1.82) is 0 Å². The molecule has 1 aromatic heterocycles. The molecule has 4 unspecified atom stereocenters. The third-order valence-electron chi connectivity index (χ3n) is 7.29. The fourth-order valence-corrected chi connectivity index (χ4v) is 5.00. The molecule has 230 valence electrons. The van der Waals surface area contributed by atoms with Gasteiger partial charge in [0, 0.05) is 30.1 Å². The number of benzene rings is 1. The summed E-state index contributed by atoms with van der Waals surface area (Å²) in [5, 5.41) is 12.4. The highest BCUT2D eigenvalue weighted by molar-refractivity contribution is 5.95. The third-order valence-corrected chi connectivity index (χ3v) is 7.29.